The lowest BCUT2D eigenvalue weighted by atomic mass is 9.99. The zero-order chi connectivity index (χ0) is 61.4. The van der Waals surface area contributed by atoms with Gasteiger partial charge in [0.2, 0.25) is 11.8 Å². The molecular formula is C57H51F4N11O11S2. The third-order valence-electron chi connectivity index (χ3n) is 12.8. The van der Waals surface area contributed by atoms with Crippen LogP contribution in [0.1, 0.15) is 45.2 Å². The number of anilines is 1. The van der Waals surface area contributed by atoms with Crippen LogP contribution in [0.15, 0.2) is 119 Å². The van der Waals surface area contributed by atoms with Crippen LogP contribution >= 0.6 is 22.7 Å². The lowest BCUT2D eigenvalue weighted by molar-refractivity contribution is -0.385. The van der Waals surface area contributed by atoms with Crippen molar-refractivity contribution in [2.75, 3.05) is 53.9 Å². The first kappa shape index (κ1) is 61.4. The summed E-state index contributed by atoms with van der Waals surface area (Å²) in [7, 11) is 9.98. The van der Waals surface area contributed by atoms with Crippen LogP contribution in [-0.2, 0) is 37.3 Å². The van der Waals surface area contributed by atoms with Gasteiger partial charge in [0, 0.05) is 70.4 Å². The normalized spacial score (nSPS) is 11.2. The fourth-order valence-corrected chi connectivity index (χ4v) is 11.5. The number of non-ortho nitro benzene ring substituents is 2. The van der Waals surface area contributed by atoms with Gasteiger partial charge in [-0.1, -0.05) is 12.1 Å². The summed E-state index contributed by atoms with van der Waals surface area (Å²) < 4.78 is 76.5. The molecule has 0 radical (unpaired) electrons. The fourth-order valence-electron chi connectivity index (χ4n) is 8.86. The van der Waals surface area contributed by atoms with Gasteiger partial charge in [-0.05, 0) is 118 Å². The molecule has 28 heteroatoms. The van der Waals surface area contributed by atoms with Crippen molar-refractivity contribution in [2.24, 2.45) is 0 Å². The van der Waals surface area contributed by atoms with Crippen molar-refractivity contribution >= 4 is 61.1 Å². The molecule has 0 N–H and O–H groups in total. The van der Waals surface area contributed by atoms with Gasteiger partial charge < -0.3 is 24.0 Å². The number of ether oxygens (including phenoxy) is 3. The molecule has 0 bridgehead atoms. The molecule has 0 spiro atoms. The Morgan fingerprint density at radius 1 is 0.624 bits per heavy atom. The van der Waals surface area contributed by atoms with E-state index in [1.807, 2.05) is 9.80 Å². The van der Waals surface area contributed by atoms with Gasteiger partial charge in [0.25, 0.3) is 16.9 Å². The highest BCUT2D eigenvalue weighted by Gasteiger charge is 2.33. The number of nitro groups is 2. The summed E-state index contributed by atoms with van der Waals surface area (Å²) in [5.41, 5.74) is 0.0408. The highest BCUT2D eigenvalue weighted by Crippen LogP contribution is 2.45. The Hall–Kier alpha value is -9.64. The second-order valence-electron chi connectivity index (χ2n) is 19.1. The first-order valence-electron chi connectivity index (χ1n) is 25.5. The van der Waals surface area contributed by atoms with Crippen LogP contribution in [0.5, 0.6) is 11.8 Å². The van der Waals surface area contributed by atoms with Crippen LogP contribution in [0.25, 0.3) is 36.9 Å². The van der Waals surface area contributed by atoms with Crippen molar-refractivity contribution in [3.05, 3.63) is 207 Å². The van der Waals surface area contributed by atoms with Gasteiger partial charge in [-0.3, -0.25) is 39.3 Å². The number of methoxy groups -OCH3 is 2. The largest absolute Gasteiger partial charge is 0.480 e. The monoisotopic (exact) mass is 1210 g/mol. The SMILES string of the molecule is CCOC(=O)N(Cc1c(F)cccc1F)c1sc(-c2ccc([N+](=O)[O-])cc2)c(CN(C)C)c1C(=O)Cc1ccc(OC)nn1.COc1ccc(-n2c(=O)c3c(CN(C)C)c(-c4ccc([N+](=O)[O-])cc4)sc3n(Cc3c(F)cccc3F)c2=O)nn1. The Morgan fingerprint density at radius 2 is 1.13 bits per heavy atom. The van der Waals surface area contributed by atoms with E-state index in [-0.39, 0.29) is 87.0 Å². The Morgan fingerprint density at radius 3 is 1.60 bits per heavy atom. The molecule has 9 rings (SSSR count). The van der Waals surface area contributed by atoms with Crippen molar-refractivity contribution in [1.82, 2.24) is 39.3 Å². The second-order valence-corrected chi connectivity index (χ2v) is 21.1. The van der Waals surface area contributed by atoms with E-state index in [2.05, 4.69) is 20.4 Å². The van der Waals surface area contributed by atoms with Crippen molar-refractivity contribution in [1.29, 1.82) is 0 Å². The van der Waals surface area contributed by atoms with Gasteiger partial charge in [0.1, 0.15) is 33.1 Å². The van der Waals surface area contributed by atoms with Crippen molar-refractivity contribution in [2.45, 2.75) is 39.5 Å². The molecule has 85 heavy (non-hydrogen) atoms. The first-order valence-corrected chi connectivity index (χ1v) is 27.1. The Balaban J connectivity index is 0.000000222. The molecule has 9 aromatic rings. The molecule has 0 saturated heterocycles. The van der Waals surface area contributed by atoms with Crippen LogP contribution in [0.4, 0.5) is 38.7 Å². The van der Waals surface area contributed by atoms with E-state index in [0.29, 0.717) is 37.7 Å². The number of halogens is 4. The first-order chi connectivity index (χ1) is 40.6. The fraction of sp³-hybridized carbons (Fsp3) is 0.228. The zero-order valence-corrected chi connectivity index (χ0v) is 48.0. The quantitative estimate of drug-likeness (QED) is 0.0298. The van der Waals surface area contributed by atoms with Crippen molar-refractivity contribution in [3.8, 4) is 38.5 Å². The molecule has 1 amide bonds. The second kappa shape index (κ2) is 26.7. The van der Waals surface area contributed by atoms with Gasteiger partial charge >= 0.3 is 11.8 Å². The van der Waals surface area contributed by atoms with E-state index >= 15 is 0 Å². The number of carbonyl (C=O) groups excluding carboxylic acids is 2. The zero-order valence-electron chi connectivity index (χ0n) is 46.4. The predicted molar refractivity (Wildman–Crippen MR) is 309 cm³/mol. The maximum Gasteiger partial charge on any atom is 0.415 e. The molecule has 0 aliphatic heterocycles. The average molecular weight is 1210 g/mol. The number of benzene rings is 4. The summed E-state index contributed by atoms with van der Waals surface area (Å²) in [6.07, 6.45) is -1.13. The highest BCUT2D eigenvalue weighted by molar-refractivity contribution is 7.22. The van der Waals surface area contributed by atoms with Crippen LogP contribution in [-0.4, -0.2) is 110 Å². The summed E-state index contributed by atoms with van der Waals surface area (Å²) >= 11 is 2.12. The number of fused-ring (bicyclic) bond motifs is 1. The lowest BCUT2D eigenvalue weighted by Crippen LogP contribution is -2.39. The predicted octanol–water partition coefficient (Wildman–Crippen LogP) is 10.0. The molecule has 5 heterocycles. The number of amides is 1. The maximum absolute atomic E-state index is 14.8. The number of nitro benzene ring substituents is 2. The minimum absolute atomic E-state index is 0.0368. The third-order valence-corrected chi connectivity index (χ3v) is 15.4. The number of carbonyl (C=O) groups is 2. The van der Waals surface area contributed by atoms with E-state index in [4.69, 9.17) is 14.2 Å². The van der Waals surface area contributed by atoms with E-state index in [1.54, 1.807) is 71.5 Å². The van der Waals surface area contributed by atoms with Crippen LogP contribution in [0, 0.1) is 43.5 Å². The number of nitrogens with zero attached hydrogens (tertiary/aromatic N) is 11. The number of ketones is 1. The molecule has 0 fully saturated rings. The Kier molecular flexibility index (Phi) is 19.3. The maximum atomic E-state index is 14.8. The standard InChI is InChI=1S/C30H29F2N5O6S.C27H22F2N6O5S/c1-5-43-30(39)36(17-21-23(31)7-6-8-24(21)32)29-27(25(38)15-19-11-14-26(42-4)34-33-19)22(16-35(2)3)28(44-29)18-9-12-20(13-10-18)37(40)41;1-32(2)13-18-23-25(36)34(21-11-12-22(40-3)31-30-21)27(37)33(14-17-19(28)5-4-6-20(17)29)26(23)41-24(18)15-7-9-16(10-8-15)35(38)39/h6-14H,5,15-17H2,1-4H3;4-12H,13-14H2,1-3H3. The van der Waals surface area contributed by atoms with E-state index in [1.165, 1.54) is 62.8 Å². The summed E-state index contributed by atoms with van der Waals surface area (Å²) in [5, 5.41) is 38.6. The topological polar surface area (TPSA) is 253 Å². The molecular weight excluding hydrogens is 1150 g/mol. The number of hydrogen-bond donors (Lipinski definition) is 0. The Bertz CT molecular complexity index is 4050. The van der Waals surface area contributed by atoms with E-state index in [0.717, 1.165) is 61.0 Å². The molecule has 0 saturated carbocycles. The smallest absolute Gasteiger partial charge is 0.415 e. The molecule has 22 nitrogen and oxygen atoms in total. The van der Waals surface area contributed by atoms with Gasteiger partial charge in [0.15, 0.2) is 11.6 Å². The number of aromatic nitrogens is 6. The average Bonchev–Trinajstić information content (AvgIpc) is 2.13. The third kappa shape index (κ3) is 13.6. The molecule has 4 aromatic carbocycles. The molecule has 5 aromatic heterocycles. The number of rotatable bonds is 20. The van der Waals surface area contributed by atoms with Gasteiger partial charge in [0.05, 0.1) is 66.8 Å². The molecule has 0 unspecified atom stereocenters. The molecule has 0 aliphatic carbocycles. The summed E-state index contributed by atoms with van der Waals surface area (Å²) in [4.78, 5) is 82.9. The highest BCUT2D eigenvalue weighted by atomic mass is 32.1. The number of hydrogen-bond acceptors (Lipinski definition) is 19. The summed E-state index contributed by atoms with van der Waals surface area (Å²) in [6.45, 7) is 0.944. The minimum Gasteiger partial charge on any atom is -0.480 e. The van der Waals surface area contributed by atoms with Crippen LogP contribution < -0.4 is 25.6 Å². The molecule has 0 atom stereocenters. The van der Waals surface area contributed by atoms with Crippen molar-refractivity contribution < 1.29 is 51.2 Å². The molecule has 440 valence electrons. The van der Waals surface area contributed by atoms with Crippen molar-refractivity contribution in [3.63, 3.8) is 0 Å². The Labute approximate surface area is 488 Å². The molecule has 0 aliphatic rings. The summed E-state index contributed by atoms with van der Waals surface area (Å²) in [5.74, 6) is -3.59. The van der Waals surface area contributed by atoms with Gasteiger partial charge in [-0.25, -0.2) is 31.7 Å². The van der Waals surface area contributed by atoms with Crippen LogP contribution in [0.2, 0.25) is 0 Å². The van der Waals surface area contributed by atoms with E-state index < -0.39 is 69.3 Å². The van der Waals surface area contributed by atoms with E-state index in [9.17, 15) is 57.0 Å². The lowest BCUT2D eigenvalue weighted by Gasteiger charge is -2.23. The summed E-state index contributed by atoms with van der Waals surface area (Å²) in [6, 6.07) is 24.2. The number of Topliss-reactive ketones (excluding diaryl/α,β-unsaturated/α-hetero) is 1. The number of thiophene rings is 2. The van der Waals surface area contributed by atoms with Gasteiger partial charge in [-0.2, -0.15) is 5.10 Å². The minimum atomic E-state index is -0.915. The van der Waals surface area contributed by atoms with Gasteiger partial charge in [-0.15, -0.1) is 38.0 Å². The van der Waals surface area contributed by atoms with Crippen LogP contribution in [0.3, 0.4) is 0 Å².